The van der Waals surface area contributed by atoms with Crippen LogP contribution in [0.2, 0.25) is 0 Å². The second kappa shape index (κ2) is 4.01. The molecule has 3 heteroatoms. The van der Waals surface area contributed by atoms with Crippen LogP contribution in [0, 0.1) is 5.92 Å². The van der Waals surface area contributed by atoms with E-state index in [-0.39, 0.29) is 6.04 Å². The van der Waals surface area contributed by atoms with E-state index in [1.54, 1.807) is 0 Å². The summed E-state index contributed by atoms with van der Waals surface area (Å²) in [6.07, 6.45) is 0. The first-order valence-electron chi connectivity index (χ1n) is 3.99. The van der Waals surface area contributed by atoms with Crippen molar-refractivity contribution >= 4 is 15.9 Å². The average molecular weight is 229 g/mol. The van der Waals surface area contributed by atoms with E-state index < -0.39 is 0 Å². The molecule has 12 heavy (non-hydrogen) atoms. The highest BCUT2D eigenvalue weighted by Crippen LogP contribution is 2.18. The van der Waals surface area contributed by atoms with E-state index in [1.807, 2.05) is 18.2 Å². The lowest BCUT2D eigenvalue weighted by molar-refractivity contribution is 0.502. The lowest BCUT2D eigenvalue weighted by Crippen LogP contribution is -2.17. The van der Waals surface area contributed by atoms with Gasteiger partial charge in [0, 0.05) is 6.04 Å². The van der Waals surface area contributed by atoms with Crippen LogP contribution in [0.15, 0.2) is 22.8 Å². The third-order valence-electron chi connectivity index (χ3n) is 1.80. The van der Waals surface area contributed by atoms with Crippen LogP contribution < -0.4 is 5.73 Å². The highest BCUT2D eigenvalue weighted by Gasteiger charge is 2.11. The van der Waals surface area contributed by atoms with Gasteiger partial charge in [0.25, 0.3) is 0 Å². The van der Waals surface area contributed by atoms with Gasteiger partial charge in [-0.05, 0) is 34.0 Å². The molecule has 0 bridgehead atoms. The number of hydrogen-bond donors (Lipinski definition) is 1. The fraction of sp³-hybridized carbons (Fsp3) is 0.444. The number of nitrogens with two attached hydrogens (primary N) is 1. The highest BCUT2D eigenvalue weighted by atomic mass is 79.9. The molecule has 0 radical (unpaired) electrons. The van der Waals surface area contributed by atoms with E-state index in [1.165, 1.54) is 0 Å². The number of pyridine rings is 1. The molecular formula is C9H13BrN2. The van der Waals surface area contributed by atoms with Crippen LogP contribution in [0.25, 0.3) is 0 Å². The summed E-state index contributed by atoms with van der Waals surface area (Å²) < 4.78 is 0.844. The minimum atomic E-state index is 0.0301. The minimum absolute atomic E-state index is 0.0301. The van der Waals surface area contributed by atoms with Crippen molar-refractivity contribution in [3.05, 3.63) is 28.5 Å². The number of rotatable bonds is 2. The molecule has 0 aromatic carbocycles. The molecule has 0 aliphatic carbocycles. The molecule has 2 N–H and O–H groups in total. The van der Waals surface area contributed by atoms with Crippen molar-refractivity contribution < 1.29 is 0 Å². The molecule has 1 aromatic rings. The van der Waals surface area contributed by atoms with E-state index in [0.29, 0.717) is 5.92 Å². The van der Waals surface area contributed by atoms with Crippen molar-refractivity contribution in [2.24, 2.45) is 11.7 Å². The second-order valence-corrected chi connectivity index (χ2v) is 3.97. The standard InChI is InChI=1S/C9H13BrN2/c1-6(2)9(11)7-4-3-5-8(10)12-7/h3-6,9H,11H2,1-2H3. The largest absolute Gasteiger partial charge is 0.322 e. The van der Waals surface area contributed by atoms with Gasteiger partial charge in [0.1, 0.15) is 4.60 Å². The van der Waals surface area contributed by atoms with Crippen molar-refractivity contribution in [1.82, 2.24) is 4.98 Å². The predicted octanol–water partition coefficient (Wildman–Crippen LogP) is 2.50. The molecule has 0 saturated heterocycles. The monoisotopic (exact) mass is 228 g/mol. The van der Waals surface area contributed by atoms with Gasteiger partial charge < -0.3 is 5.73 Å². The summed E-state index contributed by atoms with van der Waals surface area (Å²) in [7, 11) is 0. The number of aromatic nitrogens is 1. The molecule has 66 valence electrons. The summed E-state index contributed by atoms with van der Waals surface area (Å²) in [5.41, 5.74) is 6.87. The Labute approximate surface area is 81.3 Å². The fourth-order valence-corrected chi connectivity index (χ4v) is 1.31. The van der Waals surface area contributed by atoms with Crippen LogP contribution in [0.3, 0.4) is 0 Å². The van der Waals surface area contributed by atoms with E-state index in [4.69, 9.17) is 5.73 Å². The quantitative estimate of drug-likeness (QED) is 0.791. The Hall–Kier alpha value is -0.410. The van der Waals surface area contributed by atoms with Gasteiger partial charge in [0.15, 0.2) is 0 Å². The predicted molar refractivity (Wildman–Crippen MR) is 53.7 cm³/mol. The van der Waals surface area contributed by atoms with Crippen LogP contribution in [-0.2, 0) is 0 Å². The fourth-order valence-electron chi connectivity index (χ4n) is 0.951. The Kier molecular flexibility index (Phi) is 3.23. The van der Waals surface area contributed by atoms with E-state index in [2.05, 4.69) is 34.8 Å². The number of nitrogens with zero attached hydrogens (tertiary/aromatic N) is 1. The Balaban J connectivity index is 2.88. The normalized spacial score (nSPS) is 13.4. The van der Waals surface area contributed by atoms with Gasteiger partial charge in [-0.15, -0.1) is 0 Å². The zero-order valence-electron chi connectivity index (χ0n) is 7.29. The SMILES string of the molecule is CC(C)C(N)c1cccc(Br)n1. The molecule has 1 atom stereocenters. The topological polar surface area (TPSA) is 38.9 Å². The maximum Gasteiger partial charge on any atom is 0.106 e. The lowest BCUT2D eigenvalue weighted by atomic mass is 10.0. The molecule has 1 heterocycles. The molecule has 1 rings (SSSR count). The van der Waals surface area contributed by atoms with Crippen LogP contribution in [0.4, 0.5) is 0 Å². The molecule has 0 aliphatic rings. The van der Waals surface area contributed by atoms with Crippen molar-refractivity contribution in [1.29, 1.82) is 0 Å². The molecule has 0 aliphatic heterocycles. The van der Waals surface area contributed by atoms with E-state index in [0.717, 1.165) is 10.3 Å². The molecule has 0 amide bonds. The van der Waals surface area contributed by atoms with Gasteiger partial charge in [0.2, 0.25) is 0 Å². The Morgan fingerprint density at radius 1 is 1.42 bits per heavy atom. The number of halogens is 1. The van der Waals surface area contributed by atoms with Crippen LogP contribution >= 0.6 is 15.9 Å². The zero-order chi connectivity index (χ0) is 9.14. The van der Waals surface area contributed by atoms with Gasteiger partial charge in [0.05, 0.1) is 5.69 Å². The maximum atomic E-state index is 5.92. The van der Waals surface area contributed by atoms with Crippen molar-refractivity contribution in [3.8, 4) is 0 Å². The van der Waals surface area contributed by atoms with Gasteiger partial charge >= 0.3 is 0 Å². The second-order valence-electron chi connectivity index (χ2n) is 3.15. The first-order valence-corrected chi connectivity index (χ1v) is 4.78. The lowest BCUT2D eigenvalue weighted by Gasteiger charge is -2.14. The molecule has 0 spiro atoms. The van der Waals surface area contributed by atoms with Crippen LogP contribution in [0.5, 0.6) is 0 Å². The van der Waals surface area contributed by atoms with Gasteiger partial charge in [-0.25, -0.2) is 4.98 Å². The molecule has 2 nitrogen and oxygen atoms in total. The Morgan fingerprint density at radius 2 is 2.08 bits per heavy atom. The summed E-state index contributed by atoms with van der Waals surface area (Å²) in [6.45, 7) is 4.18. The van der Waals surface area contributed by atoms with Crippen molar-refractivity contribution in [2.45, 2.75) is 19.9 Å². The minimum Gasteiger partial charge on any atom is -0.322 e. The summed E-state index contributed by atoms with van der Waals surface area (Å²) in [4.78, 5) is 4.29. The smallest absolute Gasteiger partial charge is 0.106 e. The first kappa shape index (κ1) is 9.68. The Bertz CT molecular complexity index is 260. The third-order valence-corrected chi connectivity index (χ3v) is 2.24. The molecular weight excluding hydrogens is 216 g/mol. The molecule has 1 aromatic heterocycles. The van der Waals surface area contributed by atoms with Crippen LogP contribution in [0.1, 0.15) is 25.6 Å². The maximum absolute atomic E-state index is 5.92. The van der Waals surface area contributed by atoms with Gasteiger partial charge in [-0.1, -0.05) is 19.9 Å². The summed E-state index contributed by atoms with van der Waals surface area (Å²) in [5.74, 6) is 0.423. The van der Waals surface area contributed by atoms with E-state index >= 15 is 0 Å². The Morgan fingerprint density at radius 3 is 2.58 bits per heavy atom. The highest BCUT2D eigenvalue weighted by molar-refractivity contribution is 9.10. The van der Waals surface area contributed by atoms with Gasteiger partial charge in [-0.3, -0.25) is 0 Å². The van der Waals surface area contributed by atoms with Crippen LogP contribution in [-0.4, -0.2) is 4.98 Å². The average Bonchev–Trinajstić information content (AvgIpc) is 2.03. The van der Waals surface area contributed by atoms with E-state index in [9.17, 15) is 0 Å². The van der Waals surface area contributed by atoms with Crippen molar-refractivity contribution in [3.63, 3.8) is 0 Å². The summed E-state index contributed by atoms with van der Waals surface area (Å²) in [6, 6.07) is 5.84. The van der Waals surface area contributed by atoms with Gasteiger partial charge in [-0.2, -0.15) is 0 Å². The third kappa shape index (κ3) is 2.29. The zero-order valence-corrected chi connectivity index (χ0v) is 8.88. The van der Waals surface area contributed by atoms with Crippen molar-refractivity contribution in [2.75, 3.05) is 0 Å². The number of hydrogen-bond acceptors (Lipinski definition) is 2. The molecule has 1 unspecified atom stereocenters. The molecule has 0 saturated carbocycles. The first-order chi connectivity index (χ1) is 5.61. The summed E-state index contributed by atoms with van der Waals surface area (Å²) >= 11 is 3.31. The molecule has 0 fully saturated rings. The summed E-state index contributed by atoms with van der Waals surface area (Å²) in [5, 5.41) is 0.